The van der Waals surface area contributed by atoms with Crippen molar-refractivity contribution >= 4 is 31.7 Å². The first-order valence-electron chi connectivity index (χ1n) is 7.74. The molecule has 1 aliphatic rings. The van der Waals surface area contributed by atoms with Crippen LogP contribution in [0.5, 0.6) is 0 Å². The highest BCUT2D eigenvalue weighted by atomic mass is 79.9. The third-order valence-corrected chi connectivity index (χ3v) is 7.72. The molecule has 0 saturated heterocycles. The van der Waals surface area contributed by atoms with Gasteiger partial charge in [0, 0.05) is 16.9 Å². The third-order valence-electron chi connectivity index (χ3n) is 4.91. The first kappa shape index (κ1) is 18.1. The van der Waals surface area contributed by atoms with Crippen molar-refractivity contribution in [3.63, 3.8) is 0 Å². The topological polar surface area (TPSA) is 97.5 Å². The highest BCUT2D eigenvalue weighted by molar-refractivity contribution is 9.10. The van der Waals surface area contributed by atoms with E-state index < -0.39 is 32.4 Å². The molecule has 3 atom stereocenters. The Kier molecular flexibility index (Phi) is 4.51. The number of aliphatic carboxylic acids is 1. The number of rotatable bonds is 5. The number of aryl methyl sites for hydroxylation is 1. The molecule has 25 heavy (non-hydrogen) atoms. The molecule has 0 aliphatic heterocycles. The second-order valence-corrected chi connectivity index (χ2v) is 9.34. The van der Waals surface area contributed by atoms with Crippen LogP contribution < -0.4 is 5.73 Å². The van der Waals surface area contributed by atoms with Crippen LogP contribution >= 0.6 is 15.9 Å². The molecule has 0 radical (unpaired) electrons. The Morgan fingerprint density at radius 2 is 1.72 bits per heavy atom. The fraction of sp³-hybridized carbons (Fsp3) is 0.278. The van der Waals surface area contributed by atoms with Crippen molar-refractivity contribution in [1.82, 2.24) is 0 Å². The van der Waals surface area contributed by atoms with Gasteiger partial charge in [-0.1, -0.05) is 45.8 Å². The molecule has 0 unspecified atom stereocenters. The largest absolute Gasteiger partial charge is 0.481 e. The Morgan fingerprint density at radius 3 is 2.20 bits per heavy atom. The van der Waals surface area contributed by atoms with Gasteiger partial charge in [0.2, 0.25) is 0 Å². The lowest BCUT2D eigenvalue weighted by Crippen LogP contribution is -2.31. The SMILES string of the molecule is Cc1ccc(S(=O)(=O)[C@@H]2[C@@H](c3ccc(Br)cc3)[C@]2(CN)C(=O)O)cc1. The van der Waals surface area contributed by atoms with Crippen LogP contribution in [-0.2, 0) is 14.6 Å². The van der Waals surface area contributed by atoms with Crippen LogP contribution in [0, 0.1) is 12.3 Å². The first-order chi connectivity index (χ1) is 11.7. The molecular weight excluding hydrogens is 406 g/mol. The van der Waals surface area contributed by atoms with E-state index in [-0.39, 0.29) is 11.4 Å². The summed E-state index contributed by atoms with van der Waals surface area (Å²) >= 11 is 3.33. The molecule has 1 fully saturated rings. The number of sulfone groups is 1. The highest BCUT2D eigenvalue weighted by Crippen LogP contribution is 2.63. The van der Waals surface area contributed by atoms with Crippen molar-refractivity contribution in [3.05, 3.63) is 64.1 Å². The lowest BCUT2D eigenvalue weighted by Gasteiger charge is -2.10. The lowest BCUT2D eigenvalue weighted by molar-refractivity contribution is -0.143. The quantitative estimate of drug-likeness (QED) is 0.770. The van der Waals surface area contributed by atoms with E-state index in [2.05, 4.69) is 15.9 Å². The number of nitrogens with two attached hydrogens (primary N) is 1. The lowest BCUT2D eigenvalue weighted by atomic mass is 9.99. The van der Waals surface area contributed by atoms with Crippen LogP contribution in [0.1, 0.15) is 17.0 Å². The Bertz CT molecular complexity index is 909. The van der Waals surface area contributed by atoms with Crippen LogP contribution in [0.25, 0.3) is 0 Å². The summed E-state index contributed by atoms with van der Waals surface area (Å²) in [6, 6.07) is 13.5. The number of carbonyl (C=O) groups is 1. The Hall–Kier alpha value is -1.70. The summed E-state index contributed by atoms with van der Waals surface area (Å²) in [6.07, 6.45) is 0. The van der Waals surface area contributed by atoms with Crippen LogP contribution in [0.15, 0.2) is 57.9 Å². The van der Waals surface area contributed by atoms with Crippen molar-refractivity contribution < 1.29 is 18.3 Å². The number of hydrogen-bond acceptors (Lipinski definition) is 4. The van der Waals surface area contributed by atoms with Gasteiger partial charge < -0.3 is 10.8 Å². The molecule has 2 aromatic carbocycles. The van der Waals surface area contributed by atoms with Crippen molar-refractivity contribution in [1.29, 1.82) is 0 Å². The summed E-state index contributed by atoms with van der Waals surface area (Å²) in [5, 5.41) is 8.68. The van der Waals surface area contributed by atoms with E-state index in [9.17, 15) is 18.3 Å². The minimum absolute atomic E-state index is 0.127. The third kappa shape index (κ3) is 2.80. The highest BCUT2D eigenvalue weighted by Gasteiger charge is 2.75. The van der Waals surface area contributed by atoms with Gasteiger partial charge in [0.25, 0.3) is 0 Å². The smallest absolute Gasteiger partial charge is 0.312 e. The summed E-state index contributed by atoms with van der Waals surface area (Å²) < 4.78 is 27.1. The van der Waals surface area contributed by atoms with Gasteiger partial charge in [-0.2, -0.15) is 0 Å². The summed E-state index contributed by atoms with van der Waals surface area (Å²) in [5.74, 6) is -1.85. The van der Waals surface area contributed by atoms with Gasteiger partial charge in [-0.05, 0) is 36.8 Å². The fourth-order valence-electron chi connectivity index (χ4n) is 3.46. The molecule has 0 amide bonds. The molecule has 0 bridgehead atoms. The van der Waals surface area contributed by atoms with E-state index in [4.69, 9.17) is 5.73 Å². The summed E-state index contributed by atoms with van der Waals surface area (Å²) in [5.41, 5.74) is 5.86. The van der Waals surface area contributed by atoms with Crippen molar-refractivity contribution in [3.8, 4) is 0 Å². The average molecular weight is 424 g/mol. The second kappa shape index (κ2) is 6.23. The average Bonchev–Trinajstić information content (AvgIpc) is 3.27. The monoisotopic (exact) mass is 423 g/mol. The Labute approximate surface area is 154 Å². The molecule has 0 aromatic heterocycles. The van der Waals surface area contributed by atoms with E-state index in [1.165, 1.54) is 12.1 Å². The van der Waals surface area contributed by atoms with E-state index in [1.807, 2.05) is 6.92 Å². The first-order valence-corrected chi connectivity index (χ1v) is 10.1. The maximum atomic E-state index is 13.1. The van der Waals surface area contributed by atoms with Crippen LogP contribution in [0.3, 0.4) is 0 Å². The molecule has 3 rings (SSSR count). The molecule has 132 valence electrons. The molecule has 7 heteroatoms. The van der Waals surface area contributed by atoms with Crippen LogP contribution in [-0.4, -0.2) is 31.3 Å². The molecule has 3 N–H and O–H groups in total. The fourth-order valence-corrected chi connectivity index (χ4v) is 6.11. The Balaban J connectivity index is 2.10. The van der Waals surface area contributed by atoms with Gasteiger partial charge in [0.05, 0.1) is 10.1 Å². The van der Waals surface area contributed by atoms with Gasteiger partial charge in [0.15, 0.2) is 9.84 Å². The van der Waals surface area contributed by atoms with Gasteiger partial charge in [-0.3, -0.25) is 4.79 Å². The van der Waals surface area contributed by atoms with Gasteiger partial charge in [-0.15, -0.1) is 0 Å². The van der Waals surface area contributed by atoms with Crippen LogP contribution in [0.2, 0.25) is 0 Å². The van der Waals surface area contributed by atoms with Crippen molar-refractivity contribution in [2.45, 2.75) is 23.0 Å². The van der Waals surface area contributed by atoms with E-state index in [1.54, 1.807) is 36.4 Å². The molecule has 2 aromatic rings. The minimum atomic E-state index is -3.83. The number of hydrogen-bond donors (Lipinski definition) is 2. The van der Waals surface area contributed by atoms with Crippen LogP contribution in [0.4, 0.5) is 0 Å². The number of carboxylic acids is 1. The van der Waals surface area contributed by atoms with Crippen molar-refractivity contribution in [2.24, 2.45) is 11.1 Å². The number of carboxylic acid groups (broad SMARTS) is 1. The molecule has 1 aliphatic carbocycles. The standard InChI is InChI=1S/C18H18BrNO4S/c1-11-2-8-14(9-3-11)25(23,24)16-15(18(16,10-20)17(21)22)12-4-6-13(19)7-5-12/h2-9,15-16H,10,20H2,1H3,(H,21,22)/t15-,16-,18+/m1/s1. The molecule has 5 nitrogen and oxygen atoms in total. The molecule has 0 heterocycles. The van der Waals surface area contributed by atoms with Gasteiger partial charge in [0.1, 0.15) is 5.41 Å². The summed E-state index contributed by atoms with van der Waals surface area (Å²) in [7, 11) is -3.83. The summed E-state index contributed by atoms with van der Waals surface area (Å²) in [4.78, 5) is 12.1. The summed E-state index contributed by atoms with van der Waals surface area (Å²) in [6.45, 7) is 1.62. The van der Waals surface area contributed by atoms with E-state index >= 15 is 0 Å². The molecule has 0 spiro atoms. The van der Waals surface area contributed by atoms with E-state index in [0.717, 1.165) is 10.0 Å². The second-order valence-electron chi connectivity index (χ2n) is 6.36. The maximum absolute atomic E-state index is 13.1. The number of benzene rings is 2. The van der Waals surface area contributed by atoms with Crippen molar-refractivity contribution in [2.75, 3.05) is 6.54 Å². The predicted molar refractivity (Wildman–Crippen MR) is 98.2 cm³/mol. The molecule has 1 saturated carbocycles. The number of halogens is 1. The predicted octanol–water partition coefficient (Wildman–Crippen LogP) is 2.73. The zero-order chi connectivity index (χ0) is 18.4. The normalized spacial score (nSPS) is 25.6. The zero-order valence-corrected chi connectivity index (χ0v) is 15.9. The molecular formula is C18H18BrNO4S. The van der Waals surface area contributed by atoms with Gasteiger partial charge >= 0.3 is 5.97 Å². The maximum Gasteiger partial charge on any atom is 0.312 e. The van der Waals surface area contributed by atoms with Gasteiger partial charge in [-0.25, -0.2) is 8.42 Å². The Morgan fingerprint density at radius 1 is 1.16 bits per heavy atom. The van der Waals surface area contributed by atoms with E-state index in [0.29, 0.717) is 5.56 Å². The minimum Gasteiger partial charge on any atom is -0.481 e. The zero-order valence-electron chi connectivity index (χ0n) is 13.5.